The fourth-order valence-electron chi connectivity index (χ4n) is 1.88. The molecule has 5 nitrogen and oxygen atoms in total. The van der Waals surface area contributed by atoms with Crippen molar-refractivity contribution >= 4 is 34.5 Å². The van der Waals surface area contributed by atoms with Gasteiger partial charge in [-0.25, -0.2) is 9.78 Å². The van der Waals surface area contributed by atoms with Crippen LogP contribution in [0.1, 0.15) is 10.4 Å². The number of esters is 1. The summed E-state index contributed by atoms with van der Waals surface area (Å²) in [5, 5.41) is 0.511. The van der Waals surface area contributed by atoms with Crippen molar-refractivity contribution in [2.75, 3.05) is 12.8 Å². The molecule has 0 atom stereocenters. The summed E-state index contributed by atoms with van der Waals surface area (Å²) < 4.78 is 10.3. The Kier molecular flexibility index (Phi) is 3.53. The number of anilines is 1. The third kappa shape index (κ3) is 2.71. The molecule has 0 saturated heterocycles. The fraction of sp³-hybridized carbons (Fsp3) is 0.0667. The number of oxazole rings is 1. The van der Waals surface area contributed by atoms with Crippen molar-refractivity contribution in [2.45, 2.75) is 10.1 Å². The number of hydrogen-bond donors (Lipinski definition) is 1. The molecule has 0 aliphatic carbocycles. The van der Waals surface area contributed by atoms with Crippen LogP contribution in [-0.2, 0) is 4.74 Å². The van der Waals surface area contributed by atoms with Crippen LogP contribution in [0.25, 0.3) is 11.1 Å². The van der Waals surface area contributed by atoms with Crippen molar-refractivity contribution in [3.8, 4) is 0 Å². The molecule has 0 radical (unpaired) electrons. The average Bonchev–Trinajstić information content (AvgIpc) is 2.90. The van der Waals surface area contributed by atoms with E-state index in [0.717, 1.165) is 16.0 Å². The summed E-state index contributed by atoms with van der Waals surface area (Å²) in [7, 11) is 1.32. The molecule has 6 heteroatoms. The standard InChI is InChI=1S/C15H12N2O3S/c1-19-14(18)10-8-9(6-7-11(10)16)21-15-17-12-4-2-3-5-13(12)20-15/h2-8H,16H2,1H3. The highest BCUT2D eigenvalue weighted by molar-refractivity contribution is 7.99. The largest absolute Gasteiger partial charge is 0.465 e. The highest BCUT2D eigenvalue weighted by atomic mass is 32.2. The lowest BCUT2D eigenvalue weighted by Gasteiger charge is -2.05. The zero-order chi connectivity index (χ0) is 14.8. The second-order valence-corrected chi connectivity index (χ2v) is 5.31. The Morgan fingerprint density at radius 1 is 1.29 bits per heavy atom. The summed E-state index contributed by atoms with van der Waals surface area (Å²) in [6.45, 7) is 0. The Labute approximate surface area is 125 Å². The highest BCUT2D eigenvalue weighted by Crippen LogP contribution is 2.31. The van der Waals surface area contributed by atoms with Gasteiger partial charge in [0.05, 0.1) is 12.7 Å². The van der Waals surface area contributed by atoms with Gasteiger partial charge in [0.1, 0.15) is 5.52 Å². The summed E-state index contributed by atoms with van der Waals surface area (Å²) in [6, 6.07) is 12.7. The number of ether oxygens (including phenoxy) is 1. The quantitative estimate of drug-likeness (QED) is 0.590. The third-order valence-corrected chi connectivity index (χ3v) is 3.75. The predicted molar refractivity (Wildman–Crippen MR) is 80.3 cm³/mol. The molecule has 0 amide bonds. The second-order valence-electron chi connectivity index (χ2n) is 4.29. The predicted octanol–water partition coefficient (Wildman–Crippen LogP) is 3.35. The number of nitrogens with two attached hydrogens (primary N) is 1. The number of rotatable bonds is 3. The summed E-state index contributed by atoms with van der Waals surface area (Å²) in [5.41, 5.74) is 8.00. The van der Waals surface area contributed by atoms with E-state index in [1.807, 2.05) is 24.3 Å². The van der Waals surface area contributed by atoms with Crippen molar-refractivity contribution in [3.05, 3.63) is 48.0 Å². The molecule has 1 aromatic heterocycles. The molecule has 0 spiro atoms. The number of nitrogens with zero attached hydrogens (tertiary/aromatic N) is 1. The first-order valence-electron chi connectivity index (χ1n) is 6.18. The average molecular weight is 300 g/mol. The van der Waals surface area contributed by atoms with Crippen LogP contribution >= 0.6 is 11.8 Å². The van der Waals surface area contributed by atoms with Crippen LogP contribution in [0, 0.1) is 0 Å². The van der Waals surface area contributed by atoms with E-state index < -0.39 is 5.97 Å². The summed E-state index contributed by atoms with van der Waals surface area (Å²) in [5.74, 6) is -0.465. The number of fused-ring (bicyclic) bond motifs is 1. The zero-order valence-electron chi connectivity index (χ0n) is 11.2. The maximum absolute atomic E-state index is 11.6. The minimum Gasteiger partial charge on any atom is -0.465 e. The van der Waals surface area contributed by atoms with Crippen molar-refractivity contribution < 1.29 is 13.9 Å². The molecule has 0 aliphatic heterocycles. The Balaban J connectivity index is 1.92. The van der Waals surface area contributed by atoms with E-state index in [1.165, 1.54) is 18.9 Å². The third-order valence-electron chi connectivity index (χ3n) is 2.91. The topological polar surface area (TPSA) is 78.3 Å². The molecule has 0 saturated carbocycles. The minimum atomic E-state index is -0.465. The molecule has 3 aromatic rings. The second kappa shape index (κ2) is 5.49. The van der Waals surface area contributed by atoms with Crippen LogP contribution in [0.5, 0.6) is 0 Å². The maximum atomic E-state index is 11.6. The van der Waals surface area contributed by atoms with Gasteiger partial charge >= 0.3 is 5.97 Å². The van der Waals surface area contributed by atoms with Gasteiger partial charge in [-0.2, -0.15) is 0 Å². The van der Waals surface area contributed by atoms with E-state index >= 15 is 0 Å². The zero-order valence-corrected chi connectivity index (χ0v) is 12.0. The smallest absolute Gasteiger partial charge is 0.339 e. The Bertz CT molecular complexity index is 781. The van der Waals surface area contributed by atoms with Crippen molar-refractivity contribution in [1.82, 2.24) is 4.98 Å². The SMILES string of the molecule is COC(=O)c1cc(Sc2nc3ccccc3o2)ccc1N. The van der Waals surface area contributed by atoms with Crippen LogP contribution in [0.15, 0.2) is 57.0 Å². The van der Waals surface area contributed by atoms with Crippen LogP contribution in [0.3, 0.4) is 0 Å². The first-order chi connectivity index (χ1) is 10.2. The molecule has 3 rings (SSSR count). The van der Waals surface area contributed by atoms with E-state index in [9.17, 15) is 4.79 Å². The number of para-hydroxylation sites is 2. The van der Waals surface area contributed by atoms with E-state index in [-0.39, 0.29) is 0 Å². The highest BCUT2D eigenvalue weighted by Gasteiger charge is 2.13. The van der Waals surface area contributed by atoms with Crippen LogP contribution < -0.4 is 5.73 Å². The summed E-state index contributed by atoms with van der Waals surface area (Å²) >= 11 is 1.32. The minimum absolute atomic E-state index is 0.332. The van der Waals surface area contributed by atoms with Gasteiger partial charge in [-0.05, 0) is 42.1 Å². The Morgan fingerprint density at radius 3 is 2.86 bits per heavy atom. The normalized spacial score (nSPS) is 10.7. The van der Waals surface area contributed by atoms with Gasteiger partial charge in [0.25, 0.3) is 5.22 Å². The number of nitrogen functional groups attached to an aromatic ring is 1. The van der Waals surface area contributed by atoms with Gasteiger partial charge in [-0.1, -0.05) is 12.1 Å². The lowest BCUT2D eigenvalue weighted by molar-refractivity contribution is 0.0601. The monoisotopic (exact) mass is 300 g/mol. The van der Waals surface area contributed by atoms with Gasteiger partial charge in [-0.3, -0.25) is 0 Å². The van der Waals surface area contributed by atoms with Crippen LogP contribution in [-0.4, -0.2) is 18.1 Å². The van der Waals surface area contributed by atoms with E-state index in [4.69, 9.17) is 14.9 Å². The van der Waals surface area contributed by atoms with Crippen LogP contribution in [0.2, 0.25) is 0 Å². The Morgan fingerprint density at radius 2 is 2.10 bits per heavy atom. The summed E-state index contributed by atoms with van der Waals surface area (Å²) in [6.07, 6.45) is 0. The lowest BCUT2D eigenvalue weighted by atomic mass is 10.2. The van der Waals surface area contributed by atoms with Crippen molar-refractivity contribution in [1.29, 1.82) is 0 Å². The molecule has 106 valence electrons. The molecule has 2 N–H and O–H groups in total. The van der Waals surface area contributed by atoms with Crippen LogP contribution in [0.4, 0.5) is 5.69 Å². The first kappa shape index (κ1) is 13.5. The number of aromatic nitrogens is 1. The van der Waals surface area contributed by atoms with Gasteiger partial charge in [0, 0.05) is 10.6 Å². The molecule has 0 fully saturated rings. The molecule has 0 aliphatic rings. The first-order valence-corrected chi connectivity index (χ1v) is 7.00. The number of carbonyl (C=O) groups is 1. The van der Waals surface area contributed by atoms with E-state index in [2.05, 4.69) is 4.98 Å². The molecule has 1 heterocycles. The fourth-order valence-corrected chi connectivity index (χ4v) is 2.67. The summed E-state index contributed by atoms with van der Waals surface area (Å²) in [4.78, 5) is 16.8. The van der Waals surface area contributed by atoms with Gasteiger partial charge in [-0.15, -0.1) is 0 Å². The van der Waals surface area contributed by atoms with E-state index in [0.29, 0.717) is 16.5 Å². The lowest BCUT2D eigenvalue weighted by Crippen LogP contribution is -2.05. The Hall–Kier alpha value is -2.47. The number of carbonyl (C=O) groups excluding carboxylic acids is 1. The number of benzene rings is 2. The molecule has 0 bridgehead atoms. The number of methoxy groups -OCH3 is 1. The van der Waals surface area contributed by atoms with E-state index in [1.54, 1.807) is 18.2 Å². The molecule has 21 heavy (non-hydrogen) atoms. The van der Waals surface area contributed by atoms with Gasteiger partial charge in [0.15, 0.2) is 5.58 Å². The van der Waals surface area contributed by atoms with Crippen molar-refractivity contribution in [3.63, 3.8) is 0 Å². The number of hydrogen-bond acceptors (Lipinski definition) is 6. The molecule has 0 unspecified atom stereocenters. The molecular formula is C15H12N2O3S. The van der Waals surface area contributed by atoms with Crippen molar-refractivity contribution in [2.24, 2.45) is 0 Å². The van der Waals surface area contributed by atoms with Gasteiger partial charge in [0.2, 0.25) is 0 Å². The van der Waals surface area contributed by atoms with Gasteiger partial charge < -0.3 is 14.9 Å². The molecular weight excluding hydrogens is 288 g/mol. The molecule has 2 aromatic carbocycles. The maximum Gasteiger partial charge on any atom is 0.339 e.